The van der Waals surface area contributed by atoms with E-state index in [4.69, 9.17) is 9.84 Å². The molecule has 2 aromatic carbocycles. The Morgan fingerprint density at radius 1 is 1.12 bits per heavy atom. The van der Waals surface area contributed by atoms with Crippen molar-refractivity contribution in [1.29, 1.82) is 0 Å². The summed E-state index contributed by atoms with van der Waals surface area (Å²) < 4.78 is 32.3. The number of benzene rings is 2. The van der Waals surface area contributed by atoms with E-state index in [0.29, 0.717) is 17.9 Å². The number of thioether (sulfide) groups is 1. The predicted octanol–water partition coefficient (Wildman–Crippen LogP) is 5.03. The van der Waals surface area contributed by atoms with E-state index in [2.05, 4.69) is 36.7 Å². The number of rotatable bonds is 5. The number of hydrazine groups is 1. The standard InChI is InChI=1S/C15H12F2S.C14H21N3O4.C2H4/c16-13-8-7-10-5-6-11-3-1-2-4-14(11)18-9-12(10)15(13)17;1-10(18)11(19)3-4-13(20)17-6-5-14(8-21-9-14)7-12(17)16-15-2;1-2/h1-4,7-8H,5-6,9H2;3-4,12,15-16,18H,1,5-9H2,2H3;1-2H2/b;4-3-;/t;12-;/m.0./s1. The number of hydrogen-bond acceptors (Lipinski definition) is 7. The molecule has 5 rings (SSSR count). The van der Waals surface area contributed by atoms with Gasteiger partial charge >= 0.3 is 0 Å². The largest absolute Gasteiger partial charge is 0.505 e. The van der Waals surface area contributed by atoms with Gasteiger partial charge in [-0.25, -0.2) is 14.2 Å². The molecule has 1 amide bonds. The molecular formula is C31H37F2N3O4S. The van der Waals surface area contributed by atoms with Crippen LogP contribution in [-0.4, -0.2) is 54.7 Å². The first-order valence-electron chi connectivity index (χ1n) is 13.3. The Labute approximate surface area is 244 Å². The van der Waals surface area contributed by atoms with E-state index in [1.54, 1.807) is 29.8 Å². The number of carbonyl (C=O) groups is 2. The molecule has 2 aromatic rings. The minimum absolute atomic E-state index is 0.155. The zero-order valence-corrected chi connectivity index (χ0v) is 24.1. The summed E-state index contributed by atoms with van der Waals surface area (Å²) in [6.07, 6.45) is 5.38. The monoisotopic (exact) mass is 585 g/mol. The number of halogens is 2. The number of hydrogen-bond donors (Lipinski definition) is 3. The van der Waals surface area contributed by atoms with Crippen molar-refractivity contribution >= 4 is 23.5 Å². The van der Waals surface area contributed by atoms with Gasteiger partial charge in [0.25, 0.3) is 0 Å². The SMILES string of the molecule is C=C.C=C(O)C(=O)/C=C\C(=O)N1CCC2(COC2)C[C@H]1NNC.Fc1ccc2c(c1F)CSc1ccccc1CC2. The lowest BCUT2D eigenvalue weighted by atomic mass is 9.75. The van der Waals surface area contributed by atoms with Gasteiger partial charge in [-0.1, -0.05) is 30.8 Å². The van der Waals surface area contributed by atoms with E-state index >= 15 is 0 Å². The molecule has 1 spiro atoms. The Hall–Kier alpha value is -3.31. The molecule has 2 fully saturated rings. The Morgan fingerprint density at radius 3 is 2.49 bits per heavy atom. The van der Waals surface area contributed by atoms with E-state index in [1.807, 2.05) is 18.2 Å². The average Bonchev–Trinajstić information content (AvgIpc) is 2.95. The molecule has 0 saturated carbocycles. The van der Waals surface area contributed by atoms with Crippen LogP contribution in [0.3, 0.4) is 0 Å². The lowest BCUT2D eigenvalue weighted by Crippen LogP contribution is -2.62. The molecule has 3 aliphatic rings. The fourth-order valence-corrected chi connectivity index (χ4v) is 6.12. The minimum Gasteiger partial charge on any atom is -0.505 e. The number of aliphatic hydroxyl groups is 1. The molecule has 10 heteroatoms. The van der Waals surface area contributed by atoms with Crippen LogP contribution in [0.15, 0.2) is 78.9 Å². The van der Waals surface area contributed by atoms with Crippen LogP contribution in [0.1, 0.15) is 29.5 Å². The van der Waals surface area contributed by atoms with Crippen molar-refractivity contribution in [2.75, 3.05) is 26.8 Å². The van der Waals surface area contributed by atoms with Gasteiger partial charge in [0.1, 0.15) is 0 Å². The summed E-state index contributed by atoms with van der Waals surface area (Å²) in [5, 5.41) is 8.93. The van der Waals surface area contributed by atoms with Crippen molar-refractivity contribution in [1.82, 2.24) is 15.8 Å². The highest BCUT2D eigenvalue weighted by Crippen LogP contribution is 2.40. The highest BCUT2D eigenvalue weighted by molar-refractivity contribution is 7.98. The van der Waals surface area contributed by atoms with Gasteiger partial charge in [0.15, 0.2) is 17.4 Å². The summed E-state index contributed by atoms with van der Waals surface area (Å²) in [4.78, 5) is 26.3. The number of amides is 1. The first kappa shape index (κ1) is 32.2. The summed E-state index contributed by atoms with van der Waals surface area (Å²) in [5.74, 6) is -2.44. The molecule has 3 heterocycles. The van der Waals surface area contributed by atoms with Crippen LogP contribution in [0.25, 0.3) is 0 Å². The fourth-order valence-electron chi connectivity index (χ4n) is 4.98. The number of aryl methyl sites for hydroxylation is 2. The van der Waals surface area contributed by atoms with E-state index in [-0.39, 0.29) is 17.5 Å². The summed E-state index contributed by atoms with van der Waals surface area (Å²) in [6.45, 7) is 11.2. The molecular weight excluding hydrogens is 548 g/mol. The van der Waals surface area contributed by atoms with E-state index < -0.39 is 23.2 Å². The zero-order chi connectivity index (χ0) is 30.0. The summed E-state index contributed by atoms with van der Waals surface area (Å²) >= 11 is 1.58. The van der Waals surface area contributed by atoms with Crippen molar-refractivity contribution in [3.8, 4) is 0 Å². The van der Waals surface area contributed by atoms with Gasteiger partial charge in [-0.2, -0.15) is 0 Å². The Bertz CT molecular complexity index is 1280. The molecule has 2 saturated heterocycles. The highest BCUT2D eigenvalue weighted by Gasteiger charge is 2.46. The van der Waals surface area contributed by atoms with Gasteiger partial charge < -0.3 is 14.7 Å². The lowest BCUT2D eigenvalue weighted by molar-refractivity contribution is -0.163. The number of nitrogens with one attached hydrogen (secondary N) is 2. The Balaban J connectivity index is 0.000000214. The summed E-state index contributed by atoms with van der Waals surface area (Å²) in [6, 6.07) is 11.1. The van der Waals surface area contributed by atoms with Crippen LogP contribution in [0.4, 0.5) is 8.78 Å². The number of allylic oxidation sites excluding steroid dienone is 1. The molecule has 7 nitrogen and oxygen atoms in total. The van der Waals surface area contributed by atoms with E-state index in [1.165, 1.54) is 22.6 Å². The number of carbonyl (C=O) groups excluding carboxylic acids is 2. The highest BCUT2D eigenvalue weighted by atomic mass is 32.2. The van der Waals surface area contributed by atoms with Crippen LogP contribution in [0.5, 0.6) is 0 Å². The maximum atomic E-state index is 13.8. The Morgan fingerprint density at radius 2 is 1.83 bits per heavy atom. The van der Waals surface area contributed by atoms with Gasteiger partial charge in [-0.05, 0) is 62.1 Å². The van der Waals surface area contributed by atoms with Crippen LogP contribution in [0.2, 0.25) is 0 Å². The summed E-state index contributed by atoms with van der Waals surface area (Å²) in [5.41, 5.74) is 8.82. The first-order chi connectivity index (χ1) is 19.7. The third-order valence-electron chi connectivity index (χ3n) is 7.26. The quantitative estimate of drug-likeness (QED) is 0.196. The van der Waals surface area contributed by atoms with Gasteiger partial charge in [0.2, 0.25) is 11.7 Å². The number of piperidine rings is 1. The van der Waals surface area contributed by atoms with Crippen LogP contribution in [0, 0.1) is 17.0 Å². The molecule has 1 atom stereocenters. The van der Waals surface area contributed by atoms with Crippen LogP contribution in [-0.2, 0) is 32.9 Å². The molecule has 0 radical (unpaired) electrons. The molecule has 0 bridgehead atoms. The van der Waals surface area contributed by atoms with Crippen molar-refractivity contribution in [3.05, 3.63) is 102 Å². The third-order valence-corrected chi connectivity index (χ3v) is 8.40. The number of ether oxygens (including phenoxy) is 1. The van der Waals surface area contributed by atoms with Gasteiger partial charge in [-0.3, -0.25) is 15.0 Å². The molecule has 41 heavy (non-hydrogen) atoms. The molecule has 3 N–H and O–H groups in total. The second kappa shape index (κ2) is 15.1. The molecule has 220 valence electrons. The van der Waals surface area contributed by atoms with Crippen molar-refractivity contribution < 1.29 is 28.2 Å². The number of fused-ring (bicyclic) bond motifs is 2. The second-order valence-electron chi connectivity index (χ2n) is 9.93. The number of aliphatic hydroxyl groups excluding tert-OH is 1. The second-order valence-corrected chi connectivity index (χ2v) is 10.9. The van der Waals surface area contributed by atoms with E-state index in [9.17, 15) is 18.4 Å². The lowest BCUT2D eigenvalue weighted by Gasteiger charge is -2.50. The number of ketones is 1. The molecule has 3 aliphatic heterocycles. The predicted molar refractivity (Wildman–Crippen MR) is 157 cm³/mol. The summed E-state index contributed by atoms with van der Waals surface area (Å²) in [7, 11) is 1.75. The number of nitrogens with zero attached hydrogens (tertiary/aromatic N) is 1. The topological polar surface area (TPSA) is 90.9 Å². The van der Waals surface area contributed by atoms with Crippen LogP contribution < -0.4 is 10.9 Å². The Kier molecular flexibility index (Phi) is 11.8. The molecule has 0 aliphatic carbocycles. The van der Waals surface area contributed by atoms with Crippen molar-refractivity contribution in [2.45, 2.75) is 42.5 Å². The van der Waals surface area contributed by atoms with Crippen molar-refractivity contribution in [3.63, 3.8) is 0 Å². The van der Waals surface area contributed by atoms with Gasteiger partial charge in [0, 0.05) is 34.2 Å². The minimum atomic E-state index is -0.747. The van der Waals surface area contributed by atoms with E-state index in [0.717, 1.165) is 50.5 Å². The first-order valence-corrected chi connectivity index (χ1v) is 14.3. The smallest absolute Gasteiger partial charge is 0.247 e. The zero-order valence-electron chi connectivity index (χ0n) is 23.3. The van der Waals surface area contributed by atoms with Crippen molar-refractivity contribution in [2.24, 2.45) is 5.41 Å². The maximum absolute atomic E-state index is 13.8. The van der Waals surface area contributed by atoms with Crippen LogP contribution >= 0.6 is 11.8 Å². The normalized spacial score (nSPS) is 18.7. The third kappa shape index (κ3) is 8.13. The molecule has 0 unspecified atom stereocenters. The molecule has 0 aromatic heterocycles. The maximum Gasteiger partial charge on any atom is 0.247 e. The van der Waals surface area contributed by atoms with Gasteiger partial charge in [-0.15, -0.1) is 24.9 Å². The number of likely N-dealkylation sites (tertiary alicyclic amines) is 1. The van der Waals surface area contributed by atoms with Gasteiger partial charge in [0.05, 0.1) is 19.4 Å². The fraction of sp³-hybridized carbons (Fsp3) is 0.355. The average molecular weight is 586 g/mol.